The van der Waals surface area contributed by atoms with E-state index in [0.717, 1.165) is 11.3 Å². The lowest BCUT2D eigenvalue weighted by atomic mass is 10.2. The van der Waals surface area contributed by atoms with Crippen LogP contribution >= 0.6 is 0 Å². The van der Waals surface area contributed by atoms with Crippen LogP contribution < -0.4 is 4.90 Å². The number of benzene rings is 1. The molecule has 0 saturated heterocycles. The molecule has 4 heteroatoms. The summed E-state index contributed by atoms with van der Waals surface area (Å²) in [6.07, 6.45) is 1.74. The first-order valence-corrected chi connectivity index (χ1v) is 5.97. The zero-order valence-electron chi connectivity index (χ0n) is 10.6. The number of likely N-dealkylation sites (N-methyl/N-ethyl adjacent to an activating group) is 1. The largest absolute Gasteiger partial charge is 0.364 e. The maximum absolute atomic E-state index is 12.2. The molecule has 0 radical (unpaired) electrons. The van der Waals surface area contributed by atoms with Crippen LogP contribution in [-0.4, -0.2) is 17.6 Å². The van der Waals surface area contributed by atoms with Crippen LogP contribution in [0.5, 0.6) is 0 Å². The Morgan fingerprint density at radius 1 is 1.39 bits per heavy atom. The van der Waals surface area contributed by atoms with E-state index < -0.39 is 0 Å². The fraction of sp³-hybridized carbons (Fsp3) is 0.286. The fourth-order valence-corrected chi connectivity index (χ4v) is 1.88. The SMILES string of the molecule is CCN(C(=O)Cc1ccon1)c1cccc(C)c1. The van der Waals surface area contributed by atoms with Crippen molar-refractivity contribution in [3.8, 4) is 0 Å². The number of aromatic nitrogens is 1. The van der Waals surface area contributed by atoms with Gasteiger partial charge in [-0.15, -0.1) is 0 Å². The normalized spacial score (nSPS) is 10.3. The van der Waals surface area contributed by atoms with E-state index in [-0.39, 0.29) is 12.3 Å². The number of hydrogen-bond donors (Lipinski definition) is 0. The molecule has 94 valence electrons. The highest BCUT2D eigenvalue weighted by Crippen LogP contribution is 2.16. The van der Waals surface area contributed by atoms with Crippen molar-refractivity contribution in [2.24, 2.45) is 0 Å². The van der Waals surface area contributed by atoms with Crippen molar-refractivity contribution in [2.75, 3.05) is 11.4 Å². The van der Waals surface area contributed by atoms with Crippen LogP contribution in [0.3, 0.4) is 0 Å². The van der Waals surface area contributed by atoms with Crippen LogP contribution in [-0.2, 0) is 11.2 Å². The van der Waals surface area contributed by atoms with E-state index in [1.165, 1.54) is 6.26 Å². The second kappa shape index (κ2) is 5.49. The molecule has 4 nitrogen and oxygen atoms in total. The quantitative estimate of drug-likeness (QED) is 0.830. The van der Waals surface area contributed by atoms with Gasteiger partial charge in [-0.05, 0) is 31.5 Å². The van der Waals surface area contributed by atoms with Crippen LogP contribution in [0, 0.1) is 6.92 Å². The molecule has 0 aliphatic heterocycles. The van der Waals surface area contributed by atoms with Crippen molar-refractivity contribution in [2.45, 2.75) is 20.3 Å². The number of carbonyl (C=O) groups is 1. The summed E-state index contributed by atoms with van der Waals surface area (Å²) in [6.45, 7) is 4.61. The van der Waals surface area contributed by atoms with Gasteiger partial charge in [-0.3, -0.25) is 4.79 Å². The third kappa shape index (κ3) is 2.77. The van der Waals surface area contributed by atoms with Gasteiger partial charge in [0.25, 0.3) is 0 Å². The molecule has 18 heavy (non-hydrogen) atoms. The van der Waals surface area contributed by atoms with Gasteiger partial charge in [0.2, 0.25) is 5.91 Å². The first kappa shape index (κ1) is 12.4. The first-order chi connectivity index (χ1) is 8.70. The van der Waals surface area contributed by atoms with Gasteiger partial charge >= 0.3 is 0 Å². The summed E-state index contributed by atoms with van der Waals surface area (Å²) in [5, 5.41) is 3.76. The summed E-state index contributed by atoms with van der Waals surface area (Å²) in [4.78, 5) is 13.9. The van der Waals surface area contributed by atoms with E-state index in [1.54, 1.807) is 11.0 Å². The maximum atomic E-state index is 12.2. The van der Waals surface area contributed by atoms with Crippen LogP contribution in [0.15, 0.2) is 41.1 Å². The fourth-order valence-electron chi connectivity index (χ4n) is 1.88. The van der Waals surface area contributed by atoms with Crippen LogP contribution in [0.4, 0.5) is 5.69 Å². The molecule has 0 unspecified atom stereocenters. The van der Waals surface area contributed by atoms with Gasteiger partial charge in [-0.1, -0.05) is 17.3 Å². The van der Waals surface area contributed by atoms with Crippen molar-refractivity contribution in [3.05, 3.63) is 47.9 Å². The number of nitrogens with zero attached hydrogens (tertiary/aromatic N) is 2. The van der Waals surface area contributed by atoms with Gasteiger partial charge in [0.15, 0.2) is 0 Å². The predicted molar refractivity (Wildman–Crippen MR) is 69.4 cm³/mol. The minimum absolute atomic E-state index is 0.0250. The molecule has 0 saturated carbocycles. The Kier molecular flexibility index (Phi) is 3.77. The van der Waals surface area contributed by atoms with Gasteiger partial charge in [0.1, 0.15) is 6.26 Å². The van der Waals surface area contributed by atoms with Gasteiger partial charge in [0, 0.05) is 18.3 Å². The van der Waals surface area contributed by atoms with Crippen molar-refractivity contribution in [3.63, 3.8) is 0 Å². The lowest BCUT2D eigenvalue weighted by Gasteiger charge is -2.21. The molecule has 0 atom stereocenters. The Bertz CT molecular complexity index is 520. The third-order valence-corrected chi connectivity index (χ3v) is 2.75. The van der Waals surface area contributed by atoms with E-state index in [9.17, 15) is 4.79 Å². The average Bonchev–Trinajstić information content (AvgIpc) is 2.83. The second-order valence-corrected chi connectivity index (χ2v) is 4.14. The van der Waals surface area contributed by atoms with Gasteiger partial charge < -0.3 is 9.42 Å². The Morgan fingerprint density at radius 3 is 2.83 bits per heavy atom. The molecule has 0 aliphatic carbocycles. The summed E-state index contributed by atoms with van der Waals surface area (Å²) in [6, 6.07) is 9.62. The molecule has 2 rings (SSSR count). The number of rotatable bonds is 4. The van der Waals surface area contributed by atoms with E-state index in [2.05, 4.69) is 5.16 Å². The number of aryl methyl sites for hydroxylation is 1. The molecular formula is C14H16N2O2. The zero-order valence-corrected chi connectivity index (χ0v) is 10.6. The van der Waals surface area contributed by atoms with Crippen molar-refractivity contribution >= 4 is 11.6 Å². The second-order valence-electron chi connectivity index (χ2n) is 4.14. The minimum Gasteiger partial charge on any atom is -0.364 e. The van der Waals surface area contributed by atoms with Crippen LogP contribution in [0.25, 0.3) is 0 Å². The summed E-state index contributed by atoms with van der Waals surface area (Å²) >= 11 is 0. The van der Waals surface area contributed by atoms with Crippen molar-refractivity contribution in [1.29, 1.82) is 0 Å². The smallest absolute Gasteiger partial charge is 0.233 e. The standard InChI is InChI=1S/C14H16N2O2/c1-3-16(13-6-4-5-11(2)9-13)14(17)10-12-7-8-18-15-12/h4-9H,3,10H2,1-2H3. The number of anilines is 1. The third-order valence-electron chi connectivity index (χ3n) is 2.75. The summed E-state index contributed by atoms with van der Waals surface area (Å²) < 4.78 is 4.73. The van der Waals surface area contributed by atoms with Crippen molar-refractivity contribution in [1.82, 2.24) is 5.16 Å². The predicted octanol–water partition coefficient (Wildman–Crippen LogP) is 2.58. The molecule has 1 amide bonds. The van der Waals surface area contributed by atoms with Crippen LogP contribution in [0.1, 0.15) is 18.2 Å². The first-order valence-electron chi connectivity index (χ1n) is 5.97. The summed E-state index contributed by atoms with van der Waals surface area (Å²) in [5.74, 6) is 0.0250. The van der Waals surface area contributed by atoms with E-state index in [4.69, 9.17) is 4.52 Å². The van der Waals surface area contributed by atoms with Gasteiger partial charge in [0.05, 0.1) is 12.1 Å². The zero-order chi connectivity index (χ0) is 13.0. The Balaban J connectivity index is 2.15. The molecule has 1 heterocycles. The molecular weight excluding hydrogens is 228 g/mol. The molecule has 1 aromatic carbocycles. The summed E-state index contributed by atoms with van der Waals surface area (Å²) in [7, 11) is 0. The minimum atomic E-state index is 0.0250. The molecule has 2 aromatic rings. The topological polar surface area (TPSA) is 46.3 Å². The van der Waals surface area contributed by atoms with E-state index >= 15 is 0 Å². The van der Waals surface area contributed by atoms with Gasteiger partial charge in [-0.2, -0.15) is 0 Å². The van der Waals surface area contributed by atoms with Crippen LogP contribution in [0.2, 0.25) is 0 Å². The molecule has 1 aromatic heterocycles. The Morgan fingerprint density at radius 2 is 2.22 bits per heavy atom. The highest BCUT2D eigenvalue weighted by atomic mass is 16.5. The average molecular weight is 244 g/mol. The molecule has 0 spiro atoms. The Hall–Kier alpha value is -2.10. The number of amides is 1. The van der Waals surface area contributed by atoms with E-state index in [0.29, 0.717) is 12.2 Å². The van der Waals surface area contributed by atoms with E-state index in [1.807, 2.05) is 38.1 Å². The maximum Gasteiger partial charge on any atom is 0.233 e. The lowest BCUT2D eigenvalue weighted by Crippen LogP contribution is -2.32. The Labute approximate surface area is 106 Å². The number of carbonyl (C=O) groups excluding carboxylic acids is 1. The molecule has 0 bridgehead atoms. The summed E-state index contributed by atoms with van der Waals surface area (Å²) in [5.41, 5.74) is 2.72. The highest BCUT2D eigenvalue weighted by Gasteiger charge is 2.15. The number of hydrogen-bond acceptors (Lipinski definition) is 3. The molecule has 0 fully saturated rings. The lowest BCUT2D eigenvalue weighted by molar-refractivity contribution is -0.118. The monoisotopic (exact) mass is 244 g/mol. The van der Waals surface area contributed by atoms with Crippen molar-refractivity contribution < 1.29 is 9.32 Å². The highest BCUT2D eigenvalue weighted by molar-refractivity contribution is 5.94. The van der Waals surface area contributed by atoms with Gasteiger partial charge in [-0.25, -0.2) is 0 Å². The molecule has 0 aliphatic rings. The molecule has 0 N–H and O–H groups in total.